The zero-order valence-corrected chi connectivity index (χ0v) is 26.1. The predicted octanol–water partition coefficient (Wildman–Crippen LogP) is 3.60. The third-order valence-corrected chi connectivity index (χ3v) is 5.79. The minimum atomic E-state index is 0.479. The first kappa shape index (κ1) is 38.8. The first-order chi connectivity index (χ1) is 20.8. The highest BCUT2D eigenvalue weighted by Gasteiger charge is 1.97. The molecule has 0 heterocycles. The van der Waals surface area contributed by atoms with Crippen LogP contribution >= 0.6 is 11.6 Å². The third-order valence-electron chi connectivity index (χ3n) is 5.52. The lowest BCUT2D eigenvalue weighted by Crippen LogP contribution is -2.15. The molecule has 0 aliphatic carbocycles. The molecule has 0 saturated heterocycles. The summed E-state index contributed by atoms with van der Waals surface area (Å²) in [5.41, 5.74) is 6.35. The molecule has 0 unspecified atom stereocenters. The Morgan fingerprint density at radius 1 is 0.381 bits per heavy atom. The molecule has 0 amide bonds. The molecule has 1 rings (SSSR count). The van der Waals surface area contributed by atoms with Gasteiger partial charge in [0.2, 0.25) is 0 Å². The summed E-state index contributed by atoms with van der Waals surface area (Å²) in [6, 6.07) is 7.27. The molecule has 0 radical (unpaired) electrons. The zero-order chi connectivity index (χ0) is 30.0. The molecule has 12 heteroatoms. The first-order valence-corrected chi connectivity index (χ1v) is 15.6. The van der Waals surface area contributed by atoms with E-state index in [0.717, 1.165) is 31.1 Å². The van der Waals surface area contributed by atoms with E-state index in [4.69, 9.17) is 64.7 Å². The lowest BCUT2D eigenvalue weighted by Gasteiger charge is -2.09. The van der Waals surface area contributed by atoms with Crippen LogP contribution in [0.4, 0.5) is 5.69 Å². The number of hydrogen-bond acceptors (Lipinski definition) is 11. The van der Waals surface area contributed by atoms with Gasteiger partial charge in [0.05, 0.1) is 112 Å². The van der Waals surface area contributed by atoms with Crippen molar-refractivity contribution in [1.29, 1.82) is 0 Å². The molecule has 0 aliphatic rings. The smallest absolute Gasteiger partial charge is 0.119 e. The standard InChI is InChI=1S/C30H54ClNO10/c31-9-3-1-2-4-10-33-11-12-34-13-14-35-15-16-36-17-18-37-19-20-38-21-22-39-23-24-40-25-26-41-27-28-42-30-7-5-29(32)6-8-30/h5-8H,1-4,9-28,32H2. The minimum Gasteiger partial charge on any atom is -0.491 e. The summed E-state index contributed by atoms with van der Waals surface area (Å²) in [6.45, 7) is 10.3. The number of unbranched alkanes of at least 4 members (excludes halogenated alkanes) is 3. The van der Waals surface area contributed by atoms with Crippen molar-refractivity contribution in [3.63, 3.8) is 0 Å². The molecule has 0 aromatic heterocycles. The van der Waals surface area contributed by atoms with Crippen molar-refractivity contribution in [2.24, 2.45) is 0 Å². The lowest BCUT2D eigenvalue weighted by molar-refractivity contribution is -0.0254. The highest BCUT2D eigenvalue weighted by atomic mass is 35.5. The largest absolute Gasteiger partial charge is 0.491 e. The molecule has 246 valence electrons. The van der Waals surface area contributed by atoms with Crippen molar-refractivity contribution in [2.45, 2.75) is 25.7 Å². The fourth-order valence-electron chi connectivity index (χ4n) is 3.30. The molecule has 42 heavy (non-hydrogen) atoms. The Kier molecular flexibility index (Phi) is 30.2. The van der Waals surface area contributed by atoms with E-state index in [1.54, 1.807) is 12.1 Å². The molecule has 0 fully saturated rings. The number of hydrogen-bond donors (Lipinski definition) is 1. The maximum atomic E-state index is 5.65. The van der Waals surface area contributed by atoms with Crippen LogP contribution in [0.1, 0.15) is 25.7 Å². The molecular weight excluding hydrogens is 570 g/mol. The van der Waals surface area contributed by atoms with Gasteiger partial charge in [0.25, 0.3) is 0 Å². The normalized spacial score (nSPS) is 11.4. The van der Waals surface area contributed by atoms with Crippen molar-refractivity contribution >= 4 is 17.3 Å². The highest BCUT2D eigenvalue weighted by Crippen LogP contribution is 2.12. The van der Waals surface area contributed by atoms with Gasteiger partial charge in [-0.1, -0.05) is 12.8 Å². The van der Waals surface area contributed by atoms with Crippen molar-refractivity contribution in [1.82, 2.24) is 0 Å². The predicted molar refractivity (Wildman–Crippen MR) is 163 cm³/mol. The average molecular weight is 624 g/mol. The molecule has 0 saturated carbocycles. The van der Waals surface area contributed by atoms with E-state index in [9.17, 15) is 0 Å². The Balaban J connectivity index is 1.63. The van der Waals surface area contributed by atoms with Gasteiger partial charge in [-0.05, 0) is 37.1 Å². The number of alkyl halides is 1. The van der Waals surface area contributed by atoms with E-state index >= 15 is 0 Å². The van der Waals surface area contributed by atoms with Crippen LogP contribution in [0.2, 0.25) is 0 Å². The second kappa shape index (κ2) is 32.7. The third kappa shape index (κ3) is 28.9. The lowest BCUT2D eigenvalue weighted by atomic mass is 10.2. The Hall–Kier alpha value is -1.25. The van der Waals surface area contributed by atoms with Gasteiger partial charge in [0.15, 0.2) is 0 Å². The summed E-state index contributed by atoms with van der Waals surface area (Å²) < 4.78 is 54.9. The van der Waals surface area contributed by atoms with Crippen LogP contribution in [0, 0.1) is 0 Å². The van der Waals surface area contributed by atoms with E-state index in [2.05, 4.69) is 0 Å². The number of anilines is 1. The molecular formula is C30H54ClNO10. The summed E-state index contributed by atoms with van der Waals surface area (Å²) in [7, 11) is 0. The van der Waals surface area contributed by atoms with E-state index < -0.39 is 0 Å². The topological polar surface area (TPSA) is 118 Å². The molecule has 0 aliphatic heterocycles. The Morgan fingerprint density at radius 3 is 1.05 bits per heavy atom. The van der Waals surface area contributed by atoms with Crippen molar-refractivity contribution in [2.75, 3.05) is 137 Å². The van der Waals surface area contributed by atoms with Gasteiger partial charge in [-0.3, -0.25) is 0 Å². The summed E-state index contributed by atoms with van der Waals surface area (Å²) in [6.07, 6.45) is 4.50. The quantitative estimate of drug-likeness (QED) is 0.0689. The monoisotopic (exact) mass is 623 g/mol. The van der Waals surface area contributed by atoms with Gasteiger partial charge >= 0.3 is 0 Å². The Morgan fingerprint density at radius 2 is 0.690 bits per heavy atom. The van der Waals surface area contributed by atoms with Crippen LogP contribution in [0.3, 0.4) is 0 Å². The molecule has 11 nitrogen and oxygen atoms in total. The Bertz CT molecular complexity index is 659. The second-order valence-corrected chi connectivity index (χ2v) is 9.41. The SMILES string of the molecule is Nc1ccc(OCCOCCOCCOCCOCCOCCOCCOCCOCCOCCCCCCCl)cc1. The minimum absolute atomic E-state index is 0.479. The summed E-state index contributed by atoms with van der Waals surface area (Å²) >= 11 is 5.65. The maximum Gasteiger partial charge on any atom is 0.119 e. The number of rotatable bonds is 34. The summed E-state index contributed by atoms with van der Waals surface area (Å²) in [5, 5.41) is 0. The molecule has 2 N–H and O–H groups in total. The fraction of sp³-hybridized carbons (Fsp3) is 0.800. The number of ether oxygens (including phenoxy) is 10. The molecule has 0 atom stereocenters. The summed E-state index contributed by atoms with van der Waals surface area (Å²) in [4.78, 5) is 0. The molecule has 0 spiro atoms. The van der Waals surface area contributed by atoms with E-state index in [-0.39, 0.29) is 0 Å². The van der Waals surface area contributed by atoms with Gasteiger partial charge < -0.3 is 53.1 Å². The molecule has 1 aromatic rings. The van der Waals surface area contributed by atoms with E-state index in [0.29, 0.717) is 125 Å². The van der Waals surface area contributed by atoms with Crippen molar-refractivity contribution in [3.8, 4) is 5.75 Å². The maximum absolute atomic E-state index is 5.65. The van der Waals surface area contributed by atoms with Crippen LogP contribution in [0.15, 0.2) is 24.3 Å². The fourth-order valence-corrected chi connectivity index (χ4v) is 3.49. The second-order valence-electron chi connectivity index (χ2n) is 9.03. The highest BCUT2D eigenvalue weighted by molar-refractivity contribution is 6.17. The summed E-state index contributed by atoms with van der Waals surface area (Å²) in [5.74, 6) is 1.52. The Labute approximate surface area is 257 Å². The van der Waals surface area contributed by atoms with Crippen molar-refractivity contribution in [3.05, 3.63) is 24.3 Å². The van der Waals surface area contributed by atoms with Crippen LogP contribution in [-0.2, 0) is 42.6 Å². The zero-order valence-electron chi connectivity index (χ0n) is 25.3. The van der Waals surface area contributed by atoms with Gasteiger partial charge in [-0.2, -0.15) is 0 Å². The van der Waals surface area contributed by atoms with Crippen molar-refractivity contribution < 1.29 is 47.4 Å². The van der Waals surface area contributed by atoms with E-state index in [1.807, 2.05) is 12.1 Å². The number of nitrogen functional groups attached to an aromatic ring is 1. The molecule has 1 aromatic carbocycles. The van der Waals surface area contributed by atoms with E-state index in [1.165, 1.54) is 12.8 Å². The number of nitrogens with two attached hydrogens (primary N) is 1. The van der Waals surface area contributed by atoms with Crippen LogP contribution in [0.25, 0.3) is 0 Å². The number of benzene rings is 1. The first-order valence-electron chi connectivity index (χ1n) is 15.1. The molecule has 0 bridgehead atoms. The average Bonchev–Trinajstić information content (AvgIpc) is 3.00. The van der Waals surface area contributed by atoms with Crippen LogP contribution < -0.4 is 10.5 Å². The van der Waals surface area contributed by atoms with Crippen LogP contribution in [0.5, 0.6) is 5.75 Å². The van der Waals surface area contributed by atoms with Gasteiger partial charge in [0, 0.05) is 18.2 Å². The van der Waals surface area contributed by atoms with Gasteiger partial charge in [0.1, 0.15) is 12.4 Å². The number of halogens is 1. The van der Waals surface area contributed by atoms with Crippen LogP contribution in [-0.4, -0.2) is 131 Å². The van der Waals surface area contributed by atoms with Gasteiger partial charge in [-0.25, -0.2) is 0 Å². The van der Waals surface area contributed by atoms with Gasteiger partial charge in [-0.15, -0.1) is 11.6 Å².